The minimum absolute atomic E-state index is 0.845. The molecule has 0 spiro atoms. The van der Waals surface area contributed by atoms with E-state index < -0.39 is 0 Å². The highest BCUT2D eigenvalue weighted by molar-refractivity contribution is 5.34. The third-order valence-corrected chi connectivity index (χ3v) is 2.60. The number of nitrogens with zero attached hydrogens (tertiary/aromatic N) is 3. The molecule has 0 aromatic carbocycles. The van der Waals surface area contributed by atoms with E-state index in [1.165, 1.54) is 12.8 Å². The molecule has 0 atom stereocenters. The summed E-state index contributed by atoms with van der Waals surface area (Å²) in [7, 11) is 1.89. The Hall–Kier alpha value is -1.16. The molecule has 4 nitrogen and oxygen atoms in total. The molecule has 0 bridgehead atoms. The quantitative estimate of drug-likeness (QED) is 0.789. The summed E-state index contributed by atoms with van der Waals surface area (Å²) in [5.74, 6) is 1.82. The van der Waals surface area contributed by atoms with E-state index in [1.54, 1.807) is 0 Å². The molecular formula is C13H24N4. The largest absolute Gasteiger partial charge is 0.373 e. The molecule has 1 rings (SSSR count). The van der Waals surface area contributed by atoms with E-state index >= 15 is 0 Å². The van der Waals surface area contributed by atoms with Crippen LogP contribution in [0.4, 0.5) is 5.82 Å². The summed E-state index contributed by atoms with van der Waals surface area (Å²) in [5, 5.41) is 3.08. The second-order valence-corrected chi connectivity index (χ2v) is 4.34. The topological polar surface area (TPSA) is 41.1 Å². The molecule has 0 radical (unpaired) electrons. The van der Waals surface area contributed by atoms with Crippen LogP contribution in [-0.4, -0.2) is 35.0 Å². The predicted octanol–water partition coefficient (Wildman–Crippen LogP) is 2.45. The van der Waals surface area contributed by atoms with Crippen LogP contribution in [0.15, 0.2) is 6.07 Å². The van der Waals surface area contributed by atoms with Gasteiger partial charge in [-0.2, -0.15) is 0 Å². The molecule has 96 valence electrons. The van der Waals surface area contributed by atoms with Gasteiger partial charge < -0.3 is 5.32 Å². The van der Waals surface area contributed by atoms with Crippen molar-refractivity contribution in [1.29, 1.82) is 0 Å². The maximum absolute atomic E-state index is 4.49. The Morgan fingerprint density at radius 2 is 1.82 bits per heavy atom. The Morgan fingerprint density at radius 3 is 2.35 bits per heavy atom. The van der Waals surface area contributed by atoms with Gasteiger partial charge in [-0.25, -0.2) is 9.97 Å². The van der Waals surface area contributed by atoms with E-state index in [-0.39, 0.29) is 0 Å². The van der Waals surface area contributed by atoms with E-state index in [4.69, 9.17) is 0 Å². The van der Waals surface area contributed by atoms with Crippen LogP contribution in [0.1, 0.15) is 38.2 Å². The third kappa shape index (κ3) is 4.69. The number of nitrogens with one attached hydrogen (secondary N) is 1. The second-order valence-electron chi connectivity index (χ2n) is 4.34. The lowest BCUT2D eigenvalue weighted by molar-refractivity contribution is 0.260. The molecule has 4 heteroatoms. The van der Waals surface area contributed by atoms with Crippen LogP contribution < -0.4 is 5.32 Å². The molecule has 0 amide bonds. The third-order valence-electron chi connectivity index (χ3n) is 2.60. The van der Waals surface area contributed by atoms with Gasteiger partial charge in [-0.1, -0.05) is 13.8 Å². The predicted molar refractivity (Wildman–Crippen MR) is 72.2 cm³/mol. The number of aryl methyl sites for hydroxylation is 1. The molecule has 17 heavy (non-hydrogen) atoms. The minimum Gasteiger partial charge on any atom is -0.373 e. The Bertz CT molecular complexity index is 332. The van der Waals surface area contributed by atoms with Crippen LogP contribution in [0.3, 0.4) is 0 Å². The van der Waals surface area contributed by atoms with Crippen molar-refractivity contribution in [1.82, 2.24) is 14.9 Å². The molecule has 0 fully saturated rings. The van der Waals surface area contributed by atoms with E-state index in [0.717, 1.165) is 37.0 Å². The summed E-state index contributed by atoms with van der Waals surface area (Å²) in [4.78, 5) is 11.4. The lowest BCUT2D eigenvalue weighted by atomic mass is 10.3. The zero-order valence-corrected chi connectivity index (χ0v) is 11.5. The molecule has 1 heterocycles. The van der Waals surface area contributed by atoms with E-state index in [2.05, 4.69) is 34.0 Å². The van der Waals surface area contributed by atoms with Crippen LogP contribution in [0, 0.1) is 6.92 Å². The maximum Gasteiger partial charge on any atom is 0.144 e. The molecule has 0 saturated heterocycles. The van der Waals surface area contributed by atoms with Gasteiger partial charge in [0.25, 0.3) is 0 Å². The fourth-order valence-corrected chi connectivity index (χ4v) is 1.93. The first-order valence-corrected chi connectivity index (χ1v) is 6.44. The van der Waals surface area contributed by atoms with Crippen molar-refractivity contribution in [3.63, 3.8) is 0 Å². The zero-order valence-electron chi connectivity index (χ0n) is 11.5. The fourth-order valence-electron chi connectivity index (χ4n) is 1.93. The van der Waals surface area contributed by atoms with Crippen molar-refractivity contribution in [2.24, 2.45) is 0 Å². The van der Waals surface area contributed by atoms with Gasteiger partial charge in [0.15, 0.2) is 0 Å². The molecule has 0 aliphatic carbocycles. The van der Waals surface area contributed by atoms with Crippen LogP contribution >= 0.6 is 0 Å². The lowest BCUT2D eigenvalue weighted by Crippen LogP contribution is -2.26. The molecule has 1 aromatic heterocycles. The van der Waals surface area contributed by atoms with Crippen LogP contribution in [0.2, 0.25) is 0 Å². The van der Waals surface area contributed by atoms with Gasteiger partial charge in [0.2, 0.25) is 0 Å². The highest BCUT2D eigenvalue weighted by atomic mass is 15.1. The summed E-state index contributed by atoms with van der Waals surface area (Å²) in [6.07, 6.45) is 2.34. The van der Waals surface area contributed by atoms with Crippen molar-refractivity contribution in [3.05, 3.63) is 17.6 Å². The van der Waals surface area contributed by atoms with Crippen molar-refractivity contribution in [3.8, 4) is 0 Å². The molecule has 1 N–H and O–H groups in total. The number of hydrogen-bond donors (Lipinski definition) is 1. The smallest absolute Gasteiger partial charge is 0.144 e. The summed E-state index contributed by atoms with van der Waals surface area (Å²) in [6, 6.07) is 1.97. The fraction of sp³-hybridized carbons (Fsp3) is 0.692. The van der Waals surface area contributed by atoms with Crippen LogP contribution in [-0.2, 0) is 6.54 Å². The summed E-state index contributed by atoms with van der Waals surface area (Å²) < 4.78 is 0. The second kappa shape index (κ2) is 7.22. The normalized spacial score (nSPS) is 10.9. The average Bonchev–Trinajstić information content (AvgIpc) is 2.29. The maximum atomic E-state index is 4.49. The zero-order chi connectivity index (χ0) is 12.7. The van der Waals surface area contributed by atoms with E-state index in [9.17, 15) is 0 Å². The first-order valence-electron chi connectivity index (χ1n) is 6.44. The molecule has 1 aromatic rings. The van der Waals surface area contributed by atoms with Gasteiger partial charge >= 0.3 is 0 Å². The number of aromatic nitrogens is 2. The van der Waals surface area contributed by atoms with Gasteiger partial charge in [0.05, 0.1) is 6.54 Å². The van der Waals surface area contributed by atoms with Crippen molar-refractivity contribution >= 4 is 5.82 Å². The minimum atomic E-state index is 0.845. The summed E-state index contributed by atoms with van der Waals surface area (Å²) in [5.41, 5.74) is 1.02. The lowest BCUT2D eigenvalue weighted by Gasteiger charge is -2.20. The molecular weight excluding hydrogens is 212 g/mol. The van der Waals surface area contributed by atoms with E-state index in [0.29, 0.717) is 0 Å². The SMILES string of the molecule is CCCN(CCC)Cc1nc(C)cc(NC)n1. The highest BCUT2D eigenvalue weighted by Crippen LogP contribution is 2.08. The van der Waals surface area contributed by atoms with Crippen molar-refractivity contribution in [2.75, 3.05) is 25.5 Å². The molecule has 0 aliphatic rings. The molecule has 0 saturated carbocycles. The van der Waals surface area contributed by atoms with Crippen LogP contribution in [0.5, 0.6) is 0 Å². The Kier molecular flexibility index (Phi) is 5.91. The van der Waals surface area contributed by atoms with Gasteiger partial charge in [-0.15, -0.1) is 0 Å². The van der Waals surface area contributed by atoms with Crippen molar-refractivity contribution in [2.45, 2.75) is 40.2 Å². The van der Waals surface area contributed by atoms with Gasteiger partial charge in [-0.3, -0.25) is 4.90 Å². The Labute approximate surface area is 104 Å². The standard InChI is InChI=1S/C13H24N4/c1-5-7-17(8-6-2)10-13-15-11(3)9-12(14-4)16-13/h9H,5-8,10H2,1-4H3,(H,14,15,16). The van der Waals surface area contributed by atoms with Crippen LogP contribution in [0.25, 0.3) is 0 Å². The average molecular weight is 236 g/mol. The first kappa shape index (κ1) is 13.9. The number of rotatable bonds is 7. The monoisotopic (exact) mass is 236 g/mol. The van der Waals surface area contributed by atoms with Crippen molar-refractivity contribution < 1.29 is 0 Å². The number of hydrogen-bond acceptors (Lipinski definition) is 4. The first-order chi connectivity index (χ1) is 8.19. The molecule has 0 unspecified atom stereocenters. The highest BCUT2D eigenvalue weighted by Gasteiger charge is 2.07. The van der Waals surface area contributed by atoms with Gasteiger partial charge in [0, 0.05) is 18.8 Å². The Balaban J connectivity index is 2.73. The summed E-state index contributed by atoms with van der Waals surface area (Å²) in [6.45, 7) is 9.49. The Morgan fingerprint density at radius 1 is 1.18 bits per heavy atom. The molecule has 0 aliphatic heterocycles. The summed E-state index contributed by atoms with van der Waals surface area (Å²) >= 11 is 0. The van der Waals surface area contributed by atoms with Gasteiger partial charge in [-0.05, 0) is 32.9 Å². The van der Waals surface area contributed by atoms with E-state index in [1.807, 2.05) is 20.0 Å². The number of anilines is 1. The van der Waals surface area contributed by atoms with Gasteiger partial charge in [0.1, 0.15) is 11.6 Å².